The first-order chi connectivity index (χ1) is 11.2. The lowest BCUT2D eigenvalue weighted by molar-refractivity contribution is -0.189. The Morgan fingerprint density at radius 1 is 1.29 bits per heavy atom. The van der Waals surface area contributed by atoms with Crippen molar-refractivity contribution in [2.75, 3.05) is 33.7 Å². The summed E-state index contributed by atoms with van der Waals surface area (Å²) < 4.78 is 39.3. The standard InChI is InChI=1S/C16H26F3N3O2/c1-21(2)7-8-22-10-11(9-14(22)23)15(24)20-13-6-4-3-5-12(13)16(17,18)19/h11-13H,3-10H2,1-2H3,(H,20,24). The largest absolute Gasteiger partial charge is 0.393 e. The van der Waals surface area contributed by atoms with Crippen LogP contribution in [0, 0.1) is 11.8 Å². The average Bonchev–Trinajstić information content (AvgIpc) is 2.86. The number of carbonyl (C=O) groups is 2. The molecule has 1 saturated carbocycles. The van der Waals surface area contributed by atoms with Gasteiger partial charge < -0.3 is 15.1 Å². The smallest absolute Gasteiger partial charge is 0.352 e. The zero-order valence-corrected chi connectivity index (χ0v) is 14.2. The molecule has 1 saturated heterocycles. The number of carbonyl (C=O) groups excluding carboxylic acids is 2. The molecule has 0 spiro atoms. The third kappa shape index (κ3) is 4.84. The fraction of sp³-hybridized carbons (Fsp3) is 0.875. The number of hydrogen-bond donors (Lipinski definition) is 1. The van der Waals surface area contributed by atoms with Gasteiger partial charge in [-0.25, -0.2) is 0 Å². The van der Waals surface area contributed by atoms with E-state index >= 15 is 0 Å². The Bertz CT molecular complexity index is 468. The summed E-state index contributed by atoms with van der Waals surface area (Å²) in [6.07, 6.45) is -2.56. The molecule has 5 nitrogen and oxygen atoms in total. The van der Waals surface area contributed by atoms with Crippen molar-refractivity contribution in [2.24, 2.45) is 11.8 Å². The fourth-order valence-corrected chi connectivity index (χ4v) is 3.48. The van der Waals surface area contributed by atoms with E-state index in [1.165, 1.54) is 0 Å². The Kier molecular flexibility index (Phi) is 6.11. The highest BCUT2D eigenvalue weighted by atomic mass is 19.4. The molecule has 24 heavy (non-hydrogen) atoms. The van der Waals surface area contributed by atoms with E-state index in [0.717, 1.165) is 0 Å². The molecule has 2 rings (SSSR count). The van der Waals surface area contributed by atoms with Crippen molar-refractivity contribution in [3.8, 4) is 0 Å². The molecular formula is C16H26F3N3O2. The molecule has 0 radical (unpaired) electrons. The SMILES string of the molecule is CN(C)CCN1CC(C(=O)NC2CCCCC2C(F)(F)F)CC1=O. The number of nitrogens with one attached hydrogen (secondary N) is 1. The van der Waals surface area contributed by atoms with Crippen molar-refractivity contribution in [2.45, 2.75) is 44.3 Å². The van der Waals surface area contributed by atoms with Crippen molar-refractivity contribution >= 4 is 11.8 Å². The van der Waals surface area contributed by atoms with Gasteiger partial charge in [-0.1, -0.05) is 12.8 Å². The van der Waals surface area contributed by atoms with Gasteiger partial charge in [0, 0.05) is 32.1 Å². The van der Waals surface area contributed by atoms with E-state index in [2.05, 4.69) is 5.32 Å². The molecule has 0 aromatic heterocycles. The Balaban J connectivity index is 1.91. The molecule has 3 unspecified atom stereocenters. The maximum atomic E-state index is 13.1. The molecule has 0 bridgehead atoms. The van der Waals surface area contributed by atoms with Crippen LogP contribution in [0.1, 0.15) is 32.1 Å². The summed E-state index contributed by atoms with van der Waals surface area (Å²) in [7, 11) is 3.79. The monoisotopic (exact) mass is 349 g/mol. The summed E-state index contributed by atoms with van der Waals surface area (Å²) in [5, 5.41) is 2.58. The molecule has 1 N–H and O–H groups in total. The van der Waals surface area contributed by atoms with Gasteiger partial charge in [-0.2, -0.15) is 13.2 Å². The highest BCUT2D eigenvalue weighted by Gasteiger charge is 2.46. The second-order valence-corrected chi connectivity index (χ2v) is 7.09. The number of hydrogen-bond acceptors (Lipinski definition) is 3. The molecule has 2 fully saturated rings. The van der Waals surface area contributed by atoms with E-state index in [-0.39, 0.29) is 18.7 Å². The van der Waals surface area contributed by atoms with Gasteiger partial charge in [0.1, 0.15) is 0 Å². The normalized spacial score (nSPS) is 28.5. The number of halogens is 3. The van der Waals surface area contributed by atoms with Gasteiger partial charge in [-0.05, 0) is 26.9 Å². The summed E-state index contributed by atoms with van der Waals surface area (Å²) in [6.45, 7) is 1.52. The summed E-state index contributed by atoms with van der Waals surface area (Å²) in [5.74, 6) is -2.54. The molecule has 3 atom stereocenters. The Morgan fingerprint density at radius 3 is 2.58 bits per heavy atom. The minimum atomic E-state index is -4.29. The summed E-state index contributed by atoms with van der Waals surface area (Å²) in [6, 6.07) is -0.864. The molecule has 1 aliphatic heterocycles. The van der Waals surface area contributed by atoms with Crippen LogP contribution < -0.4 is 5.32 Å². The molecule has 138 valence electrons. The predicted molar refractivity (Wildman–Crippen MR) is 83.2 cm³/mol. The zero-order chi connectivity index (χ0) is 17.9. The highest BCUT2D eigenvalue weighted by Crippen LogP contribution is 2.38. The Hall–Kier alpha value is -1.31. The fourth-order valence-electron chi connectivity index (χ4n) is 3.48. The minimum absolute atomic E-state index is 0.0625. The quantitative estimate of drug-likeness (QED) is 0.821. The van der Waals surface area contributed by atoms with Crippen LogP contribution in [0.15, 0.2) is 0 Å². The second-order valence-electron chi connectivity index (χ2n) is 7.09. The van der Waals surface area contributed by atoms with Crippen LogP contribution in [-0.2, 0) is 9.59 Å². The summed E-state index contributed by atoms with van der Waals surface area (Å²) in [4.78, 5) is 27.9. The van der Waals surface area contributed by atoms with Crippen molar-refractivity contribution in [1.29, 1.82) is 0 Å². The lowest BCUT2D eigenvalue weighted by Crippen LogP contribution is -2.49. The molecular weight excluding hydrogens is 323 g/mol. The van der Waals surface area contributed by atoms with Crippen LogP contribution in [0.25, 0.3) is 0 Å². The van der Waals surface area contributed by atoms with Gasteiger partial charge in [0.2, 0.25) is 11.8 Å². The molecule has 8 heteroatoms. The number of rotatable bonds is 5. The maximum Gasteiger partial charge on any atom is 0.393 e. The summed E-state index contributed by atoms with van der Waals surface area (Å²) >= 11 is 0. The van der Waals surface area contributed by atoms with Crippen LogP contribution in [0.5, 0.6) is 0 Å². The van der Waals surface area contributed by atoms with Crippen LogP contribution in [0.3, 0.4) is 0 Å². The molecule has 2 amide bonds. The highest BCUT2D eigenvalue weighted by molar-refractivity contribution is 5.89. The first kappa shape index (κ1) is 19.0. The third-order valence-corrected chi connectivity index (χ3v) is 4.92. The van der Waals surface area contributed by atoms with Gasteiger partial charge in [-0.3, -0.25) is 9.59 Å². The Morgan fingerprint density at radius 2 is 1.96 bits per heavy atom. The molecule has 1 heterocycles. The topological polar surface area (TPSA) is 52.6 Å². The molecule has 0 aromatic carbocycles. The average molecular weight is 349 g/mol. The van der Waals surface area contributed by atoms with E-state index in [1.807, 2.05) is 19.0 Å². The molecule has 1 aliphatic carbocycles. The lowest BCUT2D eigenvalue weighted by atomic mass is 9.83. The van der Waals surface area contributed by atoms with E-state index in [9.17, 15) is 22.8 Å². The summed E-state index contributed by atoms with van der Waals surface area (Å²) in [5.41, 5.74) is 0. The first-order valence-corrected chi connectivity index (χ1v) is 8.48. The first-order valence-electron chi connectivity index (χ1n) is 8.48. The van der Waals surface area contributed by atoms with E-state index in [0.29, 0.717) is 38.9 Å². The third-order valence-electron chi connectivity index (χ3n) is 4.92. The van der Waals surface area contributed by atoms with Crippen molar-refractivity contribution in [3.63, 3.8) is 0 Å². The predicted octanol–water partition coefficient (Wildman–Crippen LogP) is 1.63. The molecule has 0 aromatic rings. The van der Waals surface area contributed by atoms with Crippen molar-refractivity contribution in [3.05, 3.63) is 0 Å². The Labute approximate surface area is 140 Å². The lowest BCUT2D eigenvalue weighted by Gasteiger charge is -2.34. The van der Waals surface area contributed by atoms with Gasteiger partial charge >= 0.3 is 6.18 Å². The number of nitrogens with zero attached hydrogens (tertiary/aromatic N) is 2. The van der Waals surface area contributed by atoms with Gasteiger partial charge in [0.15, 0.2) is 0 Å². The van der Waals surface area contributed by atoms with Crippen molar-refractivity contribution in [1.82, 2.24) is 15.1 Å². The second kappa shape index (κ2) is 7.72. The number of likely N-dealkylation sites (N-methyl/N-ethyl adjacent to an activating group) is 1. The van der Waals surface area contributed by atoms with Crippen LogP contribution >= 0.6 is 0 Å². The van der Waals surface area contributed by atoms with Crippen molar-refractivity contribution < 1.29 is 22.8 Å². The van der Waals surface area contributed by atoms with Crippen LogP contribution in [-0.4, -0.2) is 67.6 Å². The van der Waals surface area contributed by atoms with E-state index in [1.54, 1.807) is 4.90 Å². The van der Waals surface area contributed by atoms with E-state index < -0.39 is 30.0 Å². The minimum Gasteiger partial charge on any atom is -0.352 e. The van der Waals surface area contributed by atoms with Gasteiger partial charge in [-0.15, -0.1) is 0 Å². The van der Waals surface area contributed by atoms with Gasteiger partial charge in [0.25, 0.3) is 0 Å². The maximum absolute atomic E-state index is 13.1. The zero-order valence-electron chi connectivity index (χ0n) is 14.2. The number of amides is 2. The molecule has 2 aliphatic rings. The number of alkyl halides is 3. The van der Waals surface area contributed by atoms with Crippen LogP contribution in [0.4, 0.5) is 13.2 Å². The number of likely N-dealkylation sites (tertiary alicyclic amines) is 1. The van der Waals surface area contributed by atoms with E-state index in [4.69, 9.17) is 0 Å². The van der Waals surface area contributed by atoms with Gasteiger partial charge in [0.05, 0.1) is 11.8 Å². The van der Waals surface area contributed by atoms with Crippen LogP contribution in [0.2, 0.25) is 0 Å².